The van der Waals surface area contributed by atoms with Crippen LogP contribution in [0.2, 0.25) is 0 Å². The van der Waals surface area contributed by atoms with Crippen molar-refractivity contribution in [3.8, 4) is 0 Å². The quantitative estimate of drug-likeness (QED) is 0.357. The van der Waals surface area contributed by atoms with Gasteiger partial charge >= 0.3 is 0 Å². The molecular formula is C14H18ClN3. The average Bonchev–Trinajstić information content (AvgIpc) is 2.37. The summed E-state index contributed by atoms with van der Waals surface area (Å²) in [6.07, 6.45) is 16.0. The largest absolute Gasteiger partial charge is 0.336 e. The lowest BCUT2D eigenvalue weighted by atomic mass is 10.1. The molecule has 0 heterocycles. The van der Waals surface area contributed by atoms with Crippen molar-refractivity contribution < 1.29 is 0 Å². The van der Waals surface area contributed by atoms with Gasteiger partial charge in [0.25, 0.3) is 0 Å². The van der Waals surface area contributed by atoms with Gasteiger partial charge in [0.1, 0.15) is 5.84 Å². The van der Waals surface area contributed by atoms with Crippen LogP contribution in [-0.4, -0.2) is 23.1 Å². The number of rotatable bonds is 3. The number of nitrogens with one attached hydrogen (secondary N) is 1. The topological polar surface area (TPSA) is 39.5 Å². The maximum atomic E-state index is 7.31. The van der Waals surface area contributed by atoms with E-state index in [1.807, 2.05) is 49.4 Å². The first kappa shape index (κ1) is 14.5. The fourth-order valence-corrected chi connectivity index (χ4v) is 1.66. The average molecular weight is 264 g/mol. The Labute approximate surface area is 113 Å². The molecule has 0 unspecified atom stereocenters. The van der Waals surface area contributed by atoms with Crippen LogP contribution in [0.3, 0.4) is 0 Å². The molecule has 0 saturated heterocycles. The molecule has 1 aliphatic carbocycles. The maximum Gasteiger partial charge on any atom is 0.216 e. The van der Waals surface area contributed by atoms with Crippen molar-refractivity contribution in [1.29, 1.82) is 5.41 Å². The lowest BCUT2D eigenvalue weighted by Gasteiger charge is -2.19. The van der Waals surface area contributed by atoms with Crippen LogP contribution in [-0.2, 0) is 0 Å². The predicted molar refractivity (Wildman–Crippen MR) is 79.2 cm³/mol. The van der Waals surface area contributed by atoms with E-state index in [1.54, 1.807) is 0 Å². The van der Waals surface area contributed by atoms with Gasteiger partial charge < -0.3 is 4.90 Å². The highest BCUT2D eigenvalue weighted by molar-refractivity contribution is 6.64. The summed E-state index contributed by atoms with van der Waals surface area (Å²) in [6.45, 7) is 1.96. The van der Waals surface area contributed by atoms with E-state index in [2.05, 4.69) is 17.1 Å². The molecule has 96 valence electrons. The van der Waals surface area contributed by atoms with Crippen molar-refractivity contribution in [3.63, 3.8) is 0 Å². The van der Waals surface area contributed by atoms with Crippen LogP contribution in [0.5, 0.6) is 0 Å². The third-order valence-electron chi connectivity index (χ3n) is 2.40. The van der Waals surface area contributed by atoms with Crippen molar-refractivity contribution in [2.24, 2.45) is 4.99 Å². The highest BCUT2D eigenvalue weighted by Gasteiger charge is 2.10. The lowest BCUT2D eigenvalue weighted by Crippen LogP contribution is -2.23. The van der Waals surface area contributed by atoms with Gasteiger partial charge in [0.05, 0.1) is 0 Å². The molecule has 0 atom stereocenters. The van der Waals surface area contributed by atoms with Gasteiger partial charge in [-0.25, -0.2) is 4.99 Å². The Hall–Kier alpha value is -1.61. The molecule has 1 aliphatic rings. The minimum Gasteiger partial charge on any atom is -0.336 e. The number of nitrogens with zero attached hydrogens (tertiary/aromatic N) is 2. The minimum atomic E-state index is -0.212. The van der Waals surface area contributed by atoms with Crippen molar-refractivity contribution >= 4 is 22.7 Å². The van der Waals surface area contributed by atoms with Crippen LogP contribution < -0.4 is 0 Å². The first-order valence-electron chi connectivity index (χ1n) is 5.87. The molecule has 0 spiro atoms. The van der Waals surface area contributed by atoms with E-state index in [-0.39, 0.29) is 5.29 Å². The Morgan fingerprint density at radius 1 is 1.44 bits per heavy atom. The molecule has 18 heavy (non-hydrogen) atoms. The van der Waals surface area contributed by atoms with Gasteiger partial charge in [0.15, 0.2) is 0 Å². The predicted octanol–water partition coefficient (Wildman–Crippen LogP) is 3.86. The molecule has 0 fully saturated rings. The van der Waals surface area contributed by atoms with Gasteiger partial charge in [-0.2, -0.15) is 0 Å². The highest BCUT2D eigenvalue weighted by Crippen LogP contribution is 2.14. The molecule has 0 aromatic heterocycles. The third-order valence-corrected chi connectivity index (χ3v) is 2.49. The first-order valence-corrected chi connectivity index (χ1v) is 6.25. The zero-order valence-electron chi connectivity index (χ0n) is 10.7. The second-order valence-corrected chi connectivity index (χ2v) is 4.20. The summed E-state index contributed by atoms with van der Waals surface area (Å²) in [7, 11) is 1.89. The number of hydrogen-bond donors (Lipinski definition) is 1. The van der Waals surface area contributed by atoms with Gasteiger partial charge in [-0.1, -0.05) is 30.4 Å². The van der Waals surface area contributed by atoms with Gasteiger partial charge in [0.2, 0.25) is 5.29 Å². The molecule has 4 heteroatoms. The first-order chi connectivity index (χ1) is 8.65. The Kier molecular flexibility index (Phi) is 6.15. The fourth-order valence-electron chi connectivity index (χ4n) is 1.58. The van der Waals surface area contributed by atoms with Crippen molar-refractivity contribution in [3.05, 3.63) is 48.2 Å². The maximum absolute atomic E-state index is 7.31. The molecule has 0 aromatic carbocycles. The summed E-state index contributed by atoms with van der Waals surface area (Å²) in [5.74, 6) is 0.687. The molecular weight excluding hydrogens is 246 g/mol. The molecule has 0 amide bonds. The van der Waals surface area contributed by atoms with E-state index in [0.29, 0.717) is 5.84 Å². The number of hydrogen-bond acceptors (Lipinski definition) is 1. The zero-order chi connectivity index (χ0) is 13.4. The van der Waals surface area contributed by atoms with E-state index in [1.165, 1.54) is 0 Å². The van der Waals surface area contributed by atoms with E-state index >= 15 is 0 Å². The molecule has 1 N–H and O–H groups in total. The van der Waals surface area contributed by atoms with Crippen molar-refractivity contribution in [2.45, 2.75) is 19.8 Å². The fraction of sp³-hybridized carbons (Fsp3) is 0.286. The van der Waals surface area contributed by atoms with E-state index in [9.17, 15) is 0 Å². The smallest absolute Gasteiger partial charge is 0.216 e. The standard InChI is InChI=1S/C14H18ClN3/c1-3-4-8-11-18(2)13(17-14(15)16)12-9-6-5-7-10-12/h3-4,6,8-11,16H,5,7H2,1-2H3/b4-3-,11-8-,16-14?,17-13-. The molecule has 0 radical (unpaired) electrons. The summed E-state index contributed by atoms with van der Waals surface area (Å²) in [4.78, 5) is 5.94. The van der Waals surface area contributed by atoms with Crippen LogP contribution in [0, 0.1) is 5.41 Å². The van der Waals surface area contributed by atoms with Crippen molar-refractivity contribution in [2.75, 3.05) is 7.05 Å². The monoisotopic (exact) mass is 263 g/mol. The molecule has 1 rings (SSSR count). The lowest BCUT2D eigenvalue weighted by molar-refractivity contribution is 0.689. The van der Waals surface area contributed by atoms with E-state index in [4.69, 9.17) is 17.0 Å². The second kappa shape index (κ2) is 7.67. The Morgan fingerprint density at radius 3 is 2.78 bits per heavy atom. The Bertz CT molecular complexity index is 442. The molecule has 0 saturated carbocycles. The number of amidine groups is 2. The van der Waals surface area contributed by atoms with Gasteiger partial charge in [-0.15, -0.1) is 0 Å². The zero-order valence-corrected chi connectivity index (χ0v) is 11.5. The summed E-state index contributed by atoms with van der Waals surface area (Å²) in [5, 5.41) is 7.10. The number of halogens is 1. The molecule has 0 aromatic rings. The van der Waals surface area contributed by atoms with Crippen LogP contribution in [0.1, 0.15) is 19.8 Å². The van der Waals surface area contributed by atoms with Crippen LogP contribution in [0.15, 0.2) is 53.2 Å². The SMILES string of the molecule is C/C=C\C=C/N(C)/C(=N\C(=N)Cl)C1=CCCC=C1. The Balaban J connectivity index is 2.95. The van der Waals surface area contributed by atoms with Crippen LogP contribution in [0.25, 0.3) is 0 Å². The molecule has 3 nitrogen and oxygen atoms in total. The van der Waals surface area contributed by atoms with Gasteiger partial charge in [-0.05, 0) is 37.4 Å². The summed E-state index contributed by atoms with van der Waals surface area (Å²) < 4.78 is 0. The van der Waals surface area contributed by atoms with Gasteiger partial charge in [0, 0.05) is 18.8 Å². The summed E-state index contributed by atoms with van der Waals surface area (Å²) in [5.41, 5.74) is 0.999. The normalized spacial score (nSPS) is 16.4. The number of aliphatic imine (C=N–C) groups is 1. The Morgan fingerprint density at radius 2 is 2.22 bits per heavy atom. The molecule has 0 aliphatic heterocycles. The third kappa shape index (κ3) is 4.72. The van der Waals surface area contributed by atoms with E-state index in [0.717, 1.165) is 18.4 Å². The van der Waals surface area contributed by atoms with E-state index < -0.39 is 0 Å². The summed E-state index contributed by atoms with van der Waals surface area (Å²) in [6, 6.07) is 0. The van der Waals surface area contributed by atoms with Crippen LogP contribution >= 0.6 is 11.6 Å². The van der Waals surface area contributed by atoms with Crippen molar-refractivity contribution in [1.82, 2.24) is 4.90 Å². The highest BCUT2D eigenvalue weighted by atomic mass is 35.5. The van der Waals surface area contributed by atoms with Crippen LogP contribution in [0.4, 0.5) is 0 Å². The minimum absolute atomic E-state index is 0.212. The van der Waals surface area contributed by atoms with Gasteiger partial charge in [-0.3, -0.25) is 5.41 Å². The second-order valence-electron chi connectivity index (χ2n) is 3.84. The number of allylic oxidation sites excluding steroid dienone is 5. The number of likely N-dealkylation sites (N-methyl/N-ethyl adjacent to an activating group) is 1. The summed E-state index contributed by atoms with van der Waals surface area (Å²) >= 11 is 5.58. The molecule has 0 bridgehead atoms.